The second-order valence-corrected chi connectivity index (χ2v) is 7.63. The van der Waals surface area contributed by atoms with E-state index in [2.05, 4.69) is 5.32 Å². The number of ether oxygens (including phenoxy) is 3. The van der Waals surface area contributed by atoms with Gasteiger partial charge < -0.3 is 24.6 Å². The van der Waals surface area contributed by atoms with Crippen molar-refractivity contribution in [2.24, 2.45) is 5.92 Å². The molecule has 1 saturated heterocycles. The second kappa shape index (κ2) is 7.48. The van der Waals surface area contributed by atoms with Gasteiger partial charge in [-0.2, -0.15) is 0 Å². The van der Waals surface area contributed by atoms with E-state index in [1.807, 2.05) is 18.2 Å². The largest absolute Gasteiger partial charge is 0.487 e. The van der Waals surface area contributed by atoms with Gasteiger partial charge >= 0.3 is 5.97 Å². The molecular formula is C20H25NO6. The van der Waals surface area contributed by atoms with E-state index in [1.165, 1.54) is 7.11 Å². The minimum atomic E-state index is -0.501. The molecule has 2 fully saturated rings. The molecule has 27 heavy (non-hydrogen) atoms. The number of fused-ring (bicyclic) bond motifs is 3. The van der Waals surface area contributed by atoms with Crippen LogP contribution in [0.15, 0.2) is 18.2 Å². The van der Waals surface area contributed by atoms with Crippen LogP contribution in [0.1, 0.15) is 43.6 Å². The average molecular weight is 375 g/mol. The standard InChI is InChI=1S/C20H25NO6/c1-25-19(24)9-13-8-15-14-7-12(21-18(23)6-11-2-3-11)4-5-16(14)27-20(15)17(10-22)26-13/h4-5,7,11,13,15,17,20,22H,2-3,6,8-10H2,1H3,(H,21,23)/t13-,15+,17-,20-/m1/s1. The number of nitrogens with one attached hydrogen (secondary N) is 1. The van der Waals surface area contributed by atoms with Gasteiger partial charge in [0.25, 0.3) is 0 Å². The Labute approximate surface area is 158 Å². The summed E-state index contributed by atoms with van der Waals surface area (Å²) in [5, 5.41) is 12.7. The highest BCUT2D eigenvalue weighted by atomic mass is 16.6. The van der Waals surface area contributed by atoms with Gasteiger partial charge in [0.15, 0.2) is 0 Å². The maximum Gasteiger partial charge on any atom is 0.308 e. The fraction of sp³-hybridized carbons (Fsp3) is 0.600. The molecule has 7 nitrogen and oxygen atoms in total. The number of carbonyl (C=O) groups excluding carboxylic acids is 2. The molecule has 1 saturated carbocycles. The molecule has 4 atom stereocenters. The first-order valence-corrected chi connectivity index (χ1v) is 9.51. The molecule has 146 valence electrons. The molecule has 3 aliphatic rings. The topological polar surface area (TPSA) is 94.1 Å². The highest BCUT2D eigenvalue weighted by molar-refractivity contribution is 5.91. The lowest BCUT2D eigenvalue weighted by Gasteiger charge is -2.36. The Kier molecular flexibility index (Phi) is 5.06. The molecule has 1 aromatic carbocycles. The maximum atomic E-state index is 12.1. The van der Waals surface area contributed by atoms with Crippen molar-refractivity contribution >= 4 is 17.6 Å². The zero-order valence-corrected chi connectivity index (χ0v) is 15.3. The number of hydrogen-bond acceptors (Lipinski definition) is 6. The van der Waals surface area contributed by atoms with Crippen molar-refractivity contribution in [1.29, 1.82) is 0 Å². The first-order chi connectivity index (χ1) is 13.1. The lowest BCUT2D eigenvalue weighted by Crippen LogP contribution is -2.46. The number of aliphatic hydroxyl groups is 1. The SMILES string of the molecule is COC(=O)C[C@H]1C[C@H]2c3cc(NC(=O)CC4CC4)ccc3O[C@H]2[C@@H](CO)O1. The first-order valence-electron chi connectivity index (χ1n) is 9.51. The van der Waals surface area contributed by atoms with E-state index >= 15 is 0 Å². The number of carbonyl (C=O) groups is 2. The molecule has 0 spiro atoms. The maximum absolute atomic E-state index is 12.1. The fourth-order valence-corrected chi connectivity index (χ4v) is 4.03. The Morgan fingerprint density at radius 2 is 2.11 bits per heavy atom. The lowest BCUT2D eigenvalue weighted by atomic mass is 9.84. The molecule has 2 heterocycles. The van der Waals surface area contributed by atoms with E-state index in [9.17, 15) is 14.7 Å². The minimum absolute atomic E-state index is 0.000778. The normalized spacial score (nSPS) is 28.7. The van der Waals surface area contributed by atoms with Crippen molar-refractivity contribution in [3.63, 3.8) is 0 Å². The monoisotopic (exact) mass is 375 g/mol. The number of methoxy groups -OCH3 is 1. The zero-order chi connectivity index (χ0) is 19.0. The second-order valence-electron chi connectivity index (χ2n) is 7.63. The fourth-order valence-electron chi connectivity index (χ4n) is 4.03. The van der Waals surface area contributed by atoms with Crippen LogP contribution in [0.4, 0.5) is 5.69 Å². The Morgan fingerprint density at radius 3 is 2.81 bits per heavy atom. The number of rotatable bonds is 6. The van der Waals surface area contributed by atoms with Crippen LogP contribution >= 0.6 is 0 Å². The summed E-state index contributed by atoms with van der Waals surface area (Å²) in [6, 6.07) is 5.63. The molecular weight excluding hydrogens is 350 g/mol. The third-order valence-corrected chi connectivity index (χ3v) is 5.58. The smallest absolute Gasteiger partial charge is 0.308 e. The summed E-state index contributed by atoms with van der Waals surface area (Å²) in [5.41, 5.74) is 1.74. The van der Waals surface area contributed by atoms with Crippen LogP contribution in [-0.2, 0) is 19.1 Å². The van der Waals surface area contributed by atoms with Crippen LogP contribution in [0.5, 0.6) is 5.75 Å². The van der Waals surface area contributed by atoms with Crippen LogP contribution in [0.2, 0.25) is 0 Å². The van der Waals surface area contributed by atoms with Gasteiger partial charge in [-0.1, -0.05) is 0 Å². The summed E-state index contributed by atoms with van der Waals surface area (Å²) in [6.07, 6.45) is 2.46. The number of anilines is 1. The van der Waals surface area contributed by atoms with Crippen LogP contribution in [0.3, 0.4) is 0 Å². The van der Waals surface area contributed by atoms with Crippen molar-refractivity contribution in [3.05, 3.63) is 23.8 Å². The molecule has 1 aromatic rings. The number of benzene rings is 1. The van der Waals surface area contributed by atoms with E-state index in [4.69, 9.17) is 14.2 Å². The Hall–Kier alpha value is -2.12. The van der Waals surface area contributed by atoms with Gasteiger partial charge in [-0.15, -0.1) is 0 Å². The van der Waals surface area contributed by atoms with Gasteiger partial charge in [0.05, 0.1) is 26.2 Å². The zero-order valence-electron chi connectivity index (χ0n) is 15.3. The summed E-state index contributed by atoms with van der Waals surface area (Å²) < 4.78 is 16.6. The molecule has 2 N–H and O–H groups in total. The average Bonchev–Trinajstić information content (AvgIpc) is 3.39. The molecule has 1 aliphatic carbocycles. The summed E-state index contributed by atoms with van der Waals surface area (Å²) in [7, 11) is 1.35. The van der Waals surface area contributed by atoms with E-state index in [0.717, 1.165) is 29.8 Å². The van der Waals surface area contributed by atoms with Gasteiger partial charge in [0.2, 0.25) is 5.91 Å². The van der Waals surface area contributed by atoms with Gasteiger partial charge in [-0.25, -0.2) is 0 Å². The highest BCUT2D eigenvalue weighted by Crippen LogP contribution is 2.47. The molecule has 4 rings (SSSR count). The van der Waals surface area contributed by atoms with Crippen LogP contribution in [0.25, 0.3) is 0 Å². The molecule has 0 radical (unpaired) electrons. The highest BCUT2D eigenvalue weighted by Gasteiger charge is 2.46. The predicted molar refractivity (Wildman–Crippen MR) is 96.6 cm³/mol. The molecule has 0 aromatic heterocycles. The van der Waals surface area contributed by atoms with Gasteiger partial charge in [-0.3, -0.25) is 9.59 Å². The third kappa shape index (κ3) is 3.94. The Bertz CT molecular complexity index is 731. The summed E-state index contributed by atoms with van der Waals surface area (Å²) in [4.78, 5) is 23.7. The van der Waals surface area contributed by atoms with Crippen molar-refractivity contribution in [1.82, 2.24) is 0 Å². The lowest BCUT2D eigenvalue weighted by molar-refractivity contribution is -0.156. The van der Waals surface area contributed by atoms with E-state index in [0.29, 0.717) is 18.8 Å². The van der Waals surface area contributed by atoms with Crippen LogP contribution in [0, 0.1) is 5.92 Å². The molecule has 7 heteroatoms. The first kappa shape index (κ1) is 18.3. The van der Waals surface area contributed by atoms with Crippen molar-refractivity contribution < 1.29 is 28.9 Å². The van der Waals surface area contributed by atoms with Gasteiger partial charge in [-0.05, 0) is 43.4 Å². The van der Waals surface area contributed by atoms with E-state index < -0.39 is 6.10 Å². The van der Waals surface area contributed by atoms with Crippen LogP contribution < -0.4 is 10.1 Å². The number of esters is 1. The Morgan fingerprint density at radius 1 is 1.30 bits per heavy atom. The van der Waals surface area contributed by atoms with Crippen molar-refractivity contribution in [2.75, 3.05) is 19.0 Å². The summed E-state index contributed by atoms with van der Waals surface area (Å²) in [5.74, 6) is 0.978. The van der Waals surface area contributed by atoms with Crippen molar-refractivity contribution in [3.8, 4) is 5.75 Å². The van der Waals surface area contributed by atoms with Crippen molar-refractivity contribution in [2.45, 2.75) is 56.3 Å². The minimum Gasteiger partial charge on any atom is -0.487 e. The van der Waals surface area contributed by atoms with E-state index in [1.54, 1.807) is 0 Å². The quantitative estimate of drug-likeness (QED) is 0.739. The summed E-state index contributed by atoms with van der Waals surface area (Å²) >= 11 is 0. The van der Waals surface area contributed by atoms with Crippen LogP contribution in [-0.4, -0.2) is 49.0 Å². The van der Waals surface area contributed by atoms with Gasteiger partial charge in [0, 0.05) is 23.6 Å². The molecule has 1 amide bonds. The predicted octanol–water partition coefficient (Wildman–Crippen LogP) is 1.98. The van der Waals surface area contributed by atoms with Gasteiger partial charge in [0.1, 0.15) is 18.0 Å². The number of aliphatic hydroxyl groups excluding tert-OH is 1. The summed E-state index contributed by atoms with van der Waals surface area (Å²) in [6.45, 7) is -0.183. The third-order valence-electron chi connectivity index (χ3n) is 5.58. The molecule has 2 aliphatic heterocycles. The molecule has 0 unspecified atom stereocenters. The van der Waals surface area contributed by atoms with E-state index in [-0.39, 0.29) is 43.0 Å². The Balaban J connectivity index is 1.50. The number of amides is 1. The number of hydrogen-bond donors (Lipinski definition) is 2. The molecule has 0 bridgehead atoms.